The lowest BCUT2D eigenvalue weighted by Gasteiger charge is -2.20. The second-order valence-corrected chi connectivity index (χ2v) is 7.75. The fourth-order valence-electron chi connectivity index (χ4n) is 2.50. The highest BCUT2D eigenvalue weighted by Gasteiger charge is 2.24. The third-order valence-corrected chi connectivity index (χ3v) is 4.55. The summed E-state index contributed by atoms with van der Waals surface area (Å²) >= 11 is 11.8. The molecule has 2 aromatic rings. The van der Waals surface area contributed by atoms with Gasteiger partial charge in [0.05, 0.1) is 6.21 Å². The molecule has 2 aromatic carbocycles. The fraction of sp³-hybridized carbons (Fsp3) is 0.238. The van der Waals surface area contributed by atoms with E-state index in [4.69, 9.17) is 33.7 Å². The molecule has 4 N–H and O–H groups in total. The number of carbonyl (C=O) groups is 3. The molecular formula is C21H22Cl2N4O4. The summed E-state index contributed by atoms with van der Waals surface area (Å²) in [6.07, 6.45) is 1.32. The molecule has 0 bridgehead atoms. The van der Waals surface area contributed by atoms with Crippen molar-refractivity contribution in [2.75, 3.05) is 6.61 Å². The highest BCUT2D eigenvalue weighted by atomic mass is 35.5. The molecule has 0 aliphatic rings. The van der Waals surface area contributed by atoms with Crippen LogP contribution in [0.1, 0.15) is 29.8 Å². The average Bonchev–Trinajstić information content (AvgIpc) is 2.71. The van der Waals surface area contributed by atoms with E-state index in [9.17, 15) is 14.4 Å². The van der Waals surface area contributed by atoms with Crippen LogP contribution in [0.25, 0.3) is 0 Å². The lowest BCUT2D eigenvalue weighted by Crippen LogP contribution is -2.48. The van der Waals surface area contributed by atoms with Gasteiger partial charge in [0.25, 0.3) is 17.7 Å². The molecular weight excluding hydrogens is 443 g/mol. The first-order chi connectivity index (χ1) is 14.7. The summed E-state index contributed by atoms with van der Waals surface area (Å²) in [5.74, 6) is -1.44. The maximum atomic E-state index is 12.6. The van der Waals surface area contributed by atoms with Gasteiger partial charge in [0.2, 0.25) is 0 Å². The van der Waals surface area contributed by atoms with Gasteiger partial charge in [0, 0.05) is 21.2 Å². The summed E-state index contributed by atoms with van der Waals surface area (Å²) in [7, 11) is 0. The van der Waals surface area contributed by atoms with Crippen LogP contribution < -0.4 is 21.2 Å². The largest absolute Gasteiger partial charge is 0.483 e. The van der Waals surface area contributed by atoms with Crippen LogP contribution in [-0.2, 0) is 9.59 Å². The Balaban J connectivity index is 2.07. The number of halogens is 2. The second kappa shape index (κ2) is 11.3. The summed E-state index contributed by atoms with van der Waals surface area (Å²) in [6.45, 7) is 3.27. The Morgan fingerprint density at radius 3 is 2.35 bits per heavy atom. The first kappa shape index (κ1) is 24.2. The van der Waals surface area contributed by atoms with Crippen molar-refractivity contribution >= 4 is 47.1 Å². The number of nitrogens with two attached hydrogens (primary N) is 1. The molecule has 1 atom stereocenters. The van der Waals surface area contributed by atoms with Crippen LogP contribution in [0.3, 0.4) is 0 Å². The number of carbonyl (C=O) groups excluding carboxylic acids is 3. The molecule has 31 heavy (non-hydrogen) atoms. The van der Waals surface area contributed by atoms with E-state index in [1.165, 1.54) is 6.21 Å². The van der Waals surface area contributed by atoms with Gasteiger partial charge in [-0.3, -0.25) is 14.4 Å². The topological polar surface area (TPSA) is 123 Å². The van der Waals surface area contributed by atoms with Crippen molar-refractivity contribution in [1.82, 2.24) is 10.7 Å². The van der Waals surface area contributed by atoms with E-state index < -0.39 is 23.8 Å². The number of primary amides is 1. The first-order valence-corrected chi connectivity index (χ1v) is 10.0. The standard InChI is InChI=1S/C21H22Cl2N4O4/c1-12(2)19(26-20(29)13-3-5-15(22)6-4-13)21(30)27-25-10-14-9-16(23)7-8-17(14)31-11-18(24)28/h3-10,12,19H,11H2,1-2H3,(H2,24,28)(H,26,29)(H,27,30). The molecule has 3 amide bonds. The lowest BCUT2D eigenvalue weighted by molar-refractivity contribution is -0.124. The van der Waals surface area contributed by atoms with Gasteiger partial charge < -0.3 is 15.8 Å². The van der Waals surface area contributed by atoms with Crippen LogP contribution >= 0.6 is 23.2 Å². The van der Waals surface area contributed by atoms with E-state index in [0.717, 1.165) is 0 Å². The Hall–Kier alpha value is -3.10. The molecule has 8 nitrogen and oxygen atoms in total. The third kappa shape index (κ3) is 7.58. The third-order valence-electron chi connectivity index (χ3n) is 4.06. The van der Waals surface area contributed by atoms with Crippen molar-refractivity contribution in [2.45, 2.75) is 19.9 Å². The van der Waals surface area contributed by atoms with Crippen molar-refractivity contribution in [3.63, 3.8) is 0 Å². The number of hydrazone groups is 1. The minimum atomic E-state index is -0.828. The maximum Gasteiger partial charge on any atom is 0.262 e. The summed E-state index contributed by atoms with van der Waals surface area (Å²) < 4.78 is 5.30. The molecule has 10 heteroatoms. The van der Waals surface area contributed by atoms with Crippen LogP contribution in [-0.4, -0.2) is 36.6 Å². The number of benzene rings is 2. The van der Waals surface area contributed by atoms with E-state index >= 15 is 0 Å². The SMILES string of the molecule is CC(C)C(NC(=O)c1ccc(Cl)cc1)C(=O)NN=Cc1cc(Cl)ccc1OCC(N)=O. The van der Waals surface area contributed by atoms with Crippen molar-refractivity contribution < 1.29 is 19.1 Å². The van der Waals surface area contributed by atoms with Crippen LogP contribution in [0, 0.1) is 5.92 Å². The normalized spacial score (nSPS) is 11.9. The Morgan fingerprint density at radius 2 is 1.74 bits per heavy atom. The number of nitrogens with one attached hydrogen (secondary N) is 2. The molecule has 0 radical (unpaired) electrons. The van der Waals surface area contributed by atoms with Crippen molar-refractivity contribution in [1.29, 1.82) is 0 Å². The summed E-state index contributed by atoms with van der Waals surface area (Å²) in [6, 6.07) is 10.2. The molecule has 0 aliphatic carbocycles. The first-order valence-electron chi connectivity index (χ1n) is 9.27. The molecule has 0 saturated heterocycles. The number of rotatable bonds is 9. The molecule has 2 rings (SSSR count). The van der Waals surface area contributed by atoms with E-state index in [0.29, 0.717) is 26.9 Å². The molecule has 0 aromatic heterocycles. The number of hydrogen-bond donors (Lipinski definition) is 3. The second-order valence-electron chi connectivity index (χ2n) is 6.87. The number of ether oxygens (including phenoxy) is 1. The minimum Gasteiger partial charge on any atom is -0.483 e. The van der Waals surface area contributed by atoms with Crippen LogP contribution in [0.2, 0.25) is 10.0 Å². The van der Waals surface area contributed by atoms with E-state index in [1.54, 1.807) is 56.3 Å². The average molecular weight is 465 g/mol. The number of amides is 3. The van der Waals surface area contributed by atoms with Crippen molar-refractivity contribution in [3.8, 4) is 5.75 Å². The maximum absolute atomic E-state index is 12.6. The highest BCUT2D eigenvalue weighted by Crippen LogP contribution is 2.21. The van der Waals surface area contributed by atoms with E-state index in [1.807, 2.05) is 0 Å². The Morgan fingerprint density at radius 1 is 1.10 bits per heavy atom. The number of hydrogen-bond acceptors (Lipinski definition) is 5. The Kier molecular flexibility index (Phi) is 8.84. The summed E-state index contributed by atoms with van der Waals surface area (Å²) in [5.41, 5.74) is 8.29. The summed E-state index contributed by atoms with van der Waals surface area (Å²) in [4.78, 5) is 36.0. The van der Waals surface area contributed by atoms with Crippen LogP contribution in [0.5, 0.6) is 5.75 Å². The Labute approximate surface area is 189 Å². The molecule has 0 fully saturated rings. The van der Waals surface area contributed by atoms with Crippen molar-refractivity contribution in [3.05, 3.63) is 63.6 Å². The van der Waals surface area contributed by atoms with Crippen LogP contribution in [0.4, 0.5) is 0 Å². The van der Waals surface area contributed by atoms with E-state index in [-0.39, 0.29) is 12.5 Å². The minimum absolute atomic E-state index is 0.202. The smallest absolute Gasteiger partial charge is 0.262 e. The summed E-state index contributed by atoms with van der Waals surface area (Å²) in [5, 5.41) is 7.52. The molecule has 0 aliphatic heterocycles. The molecule has 164 valence electrons. The lowest BCUT2D eigenvalue weighted by atomic mass is 10.0. The Bertz CT molecular complexity index is 978. The molecule has 1 unspecified atom stereocenters. The predicted octanol–water partition coefficient (Wildman–Crippen LogP) is 2.76. The van der Waals surface area contributed by atoms with Gasteiger partial charge in [0.1, 0.15) is 11.8 Å². The van der Waals surface area contributed by atoms with Gasteiger partial charge in [-0.15, -0.1) is 0 Å². The quantitative estimate of drug-likeness (QED) is 0.389. The molecule has 0 heterocycles. The van der Waals surface area contributed by atoms with Gasteiger partial charge in [-0.1, -0.05) is 37.0 Å². The molecule has 0 spiro atoms. The highest BCUT2D eigenvalue weighted by molar-refractivity contribution is 6.31. The number of nitrogens with zero attached hydrogens (tertiary/aromatic N) is 1. The zero-order chi connectivity index (χ0) is 23.0. The van der Waals surface area contributed by atoms with Gasteiger partial charge in [-0.25, -0.2) is 5.43 Å². The van der Waals surface area contributed by atoms with Crippen LogP contribution in [0.15, 0.2) is 47.6 Å². The van der Waals surface area contributed by atoms with Gasteiger partial charge >= 0.3 is 0 Å². The van der Waals surface area contributed by atoms with Gasteiger partial charge in [0.15, 0.2) is 6.61 Å². The predicted molar refractivity (Wildman–Crippen MR) is 119 cm³/mol. The van der Waals surface area contributed by atoms with Gasteiger partial charge in [-0.05, 0) is 48.4 Å². The zero-order valence-electron chi connectivity index (χ0n) is 16.9. The van der Waals surface area contributed by atoms with Crippen molar-refractivity contribution in [2.24, 2.45) is 16.8 Å². The fourth-order valence-corrected chi connectivity index (χ4v) is 2.80. The monoisotopic (exact) mass is 464 g/mol. The molecule has 0 saturated carbocycles. The zero-order valence-corrected chi connectivity index (χ0v) is 18.4. The van der Waals surface area contributed by atoms with E-state index in [2.05, 4.69) is 15.8 Å². The van der Waals surface area contributed by atoms with Gasteiger partial charge in [-0.2, -0.15) is 5.10 Å².